The highest BCUT2D eigenvalue weighted by atomic mass is 16.5. The van der Waals surface area contributed by atoms with E-state index in [0.29, 0.717) is 19.4 Å². The van der Waals surface area contributed by atoms with E-state index in [1.54, 1.807) is 7.11 Å². The summed E-state index contributed by atoms with van der Waals surface area (Å²) in [6.07, 6.45) is 4.48. The molecule has 2 saturated heterocycles. The van der Waals surface area contributed by atoms with Crippen LogP contribution in [0.2, 0.25) is 0 Å². The van der Waals surface area contributed by atoms with Gasteiger partial charge in [0.15, 0.2) is 0 Å². The molecule has 5 nitrogen and oxygen atoms in total. The predicted octanol–water partition coefficient (Wildman–Crippen LogP) is 0.128. The van der Waals surface area contributed by atoms with Crippen LogP contribution >= 0.6 is 0 Å². The second kappa shape index (κ2) is 5.99. The molecule has 1 amide bonds. The summed E-state index contributed by atoms with van der Waals surface area (Å²) in [6, 6.07) is -0.000375. The Morgan fingerprint density at radius 1 is 1.44 bits per heavy atom. The molecule has 2 aliphatic rings. The first-order chi connectivity index (χ1) is 8.64. The van der Waals surface area contributed by atoms with E-state index in [1.165, 1.54) is 0 Å². The van der Waals surface area contributed by atoms with Gasteiger partial charge in [-0.1, -0.05) is 0 Å². The molecule has 2 N–H and O–H groups in total. The van der Waals surface area contributed by atoms with Gasteiger partial charge < -0.3 is 15.2 Å². The number of likely N-dealkylation sites (tertiary alicyclic amines) is 1. The molecule has 0 radical (unpaired) electrons. The first-order valence-corrected chi connectivity index (χ1v) is 6.88. The number of nitrogens with one attached hydrogen (secondary N) is 1. The summed E-state index contributed by atoms with van der Waals surface area (Å²) in [5.41, 5.74) is -0.702. The lowest BCUT2D eigenvalue weighted by atomic mass is 9.91. The Morgan fingerprint density at radius 3 is 2.83 bits per heavy atom. The average Bonchev–Trinajstić information content (AvgIpc) is 2.55. The molecular formula is C13H24N2O3. The molecule has 1 unspecified atom stereocenters. The van der Waals surface area contributed by atoms with E-state index < -0.39 is 5.60 Å². The monoisotopic (exact) mass is 256 g/mol. The molecule has 0 saturated carbocycles. The fourth-order valence-electron chi connectivity index (χ4n) is 2.94. The Labute approximate surface area is 108 Å². The molecule has 0 aliphatic carbocycles. The molecule has 0 bridgehead atoms. The molecule has 18 heavy (non-hydrogen) atoms. The Balaban J connectivity index is 1.90. The van der Waals surface area contributed by atoms with Crippen LogP contribution in [0.25, 0.3) is 0 Å². The van der Waals surface area contributed by atoms with Crippen molar-refractivity contribution in [3.63, 3.8) is 0 Å². The largest absolute Gasteiger partial charge is 0.387 e. The van der Waals surface area contributed by atoms with Crippen LogP contribution in [-0.2, 0) is 9.53 Å². The summed E-state index contributed by atoms with van der Waals surface area (Å²) in [5.74, 6) is 0.157. The lowest BCUT2D eigenvalue weighted by Crippen LogP contribution is -2.53. The second-order valence-corrected chi connectivity index (χ2v) is 5.50. The van der Waals surface area contributed by atoms with Crippen molar-refractivity contribution in [2.75, 3.05) is 33.4 Å². The van der Waals surface area contributed by atoms with E-state index in [4.69, 9.17) is 4.74 Å². The minimum absolute atomic E-state index is 0.000375. The third-order valence-corrected chi connectivity index (χ3v) is 4.09. The number of ether oxygens (including phenoxy) is 1. The van der Waals surface area contributed by atoms with Crippen LogP contribution < -0.4 is 5.32 Å². The Kier molecular flexibility index (Phi) is 4.59. The molecule has 2 rings (SSSR count). The molecular weight excluding hydrogens is 232 g/mol. The van der Waals surface area contributed by atoms with Crippen molar-refractivity contribution in [2.24, 2.45) is 0 Å². The summed E-state index contributed by atoms with van der Waals surface area (Å²) in [6.45, 7) is 2.74. The molecule has 1 atom stereocenters. The van der Waals surface area contributed by atoms with Crippen molar-refractivity contribution < 1.29 is 14.6 Å². The normalized spacial score (nSPS) is 29.7. The summed E-state index contributed by atoms with van der Waals surface area (Å²) in [5, 5.41) is 13.2. The molecule has 104 valence electrons. The van der Waals surface area contributed by atoms with Gasteiger partial charge in [-0.05, 0) is 32.1 Å². The first kappa shape index (κ1) is 13.8. The lowest BCUT2D eigenvalue weighted by Gasteiger charge is -2.40. The standard InChI is InChI=1S/C13H24N2O3/c1-18-10-13(17)5-8-15(9-6-13)11-4-2-3-7-14-12(11)16/h11,17H,2-10H2,1H3,(H,14,16). The number of hydrogen-bond acceptors (Lipinski definition) is 4. The highest BCUT2D eigenvalue weighted by Crippen LogP contribution is 2.25. The molecule has 0 spiro atoms. The first-order valence-electron chi connectivity index (χ1n) is 6.88. The molecule has 2 aliphatic heterocycles. The van der Waals surface area contributed by atoms with Gasteiger partial charge in [0.1, 0.15) is 0 Å². The minimum atomic E-state index is -0.702. The highest BCUT2D eigenvalue weighted by molar-refractivity contribution is 5.81. The molecule has 0 aromatic heterocycles. The number of aliphatic hydroxyl groups is 1. The zero-order valence-corrected chi connectivity index (χ0v) is 11.2. The Bertz CT molecular complexity index is 288. The van der Waals surface area contributed by atoms with Crippen molar-refractivity contribution in [1.29, 1.82) is 0 Å². The summed E-state index contributed by atoms with van der Waals surface area (Å²) < 4.78 is 5.06. The quantitative estimate of drug-likeness (QED) is 0.753. The van der Waals surface area contributed by atoms with Gasteiger partial charge in [-0.3, -0.25) is 9.69 Å². The van der Waals surface area contributed by atoms with E-state index in [1.807, 2.05) is 0 Å². The fourth-order valence-corrected chi connectivity index (χ4v) is 2.94. The van der Waals surface area contributed by atoms with Crippen molar-refractivity contribution >= 4 is 5.91 Å². The van der Waals surface area contributed by atoms with E-state index in [2.05, 4.69) is 10.2 Å². The van der Waals surface area contributed by atoms with Crippen LogP contribution in [-0.4, -0.2) is 60.9 Å². The summed E-state index contributed by atoms with van der Waals surface area (Å²) in [7, 11) is 1.61. The number of carbonyl (C=O) groups is 1. The second-order valence-electron chi connectivity index (χ2n) is 5.50. The summed E-state index contributed by atoms with van der Waals surface area (Å²) >= 11 is 0. The van der Waals surface area contributed by atoms with Gasteiger partial charge in [-0.25, -0.2) is 0 Å². The molecule has 0 aromatic carbocycles. The van der Waals surface area contributed by atoms with Gasteiger partial charge >= 0.3 is 0 Å². The minimum Gasteiger partial charge on any atom is -0.387 e. The lowest BCUT2D eigenvalue weighted by molar-refractivity contribution is -0.129. The Hall–Kier alpha value is -0.650. The predicted molar refractivity (Wildman–Crippen MR) is 68.3 cm³/mol. The van der Waals surface area contributed by atoms with Gasteiger partial charge in [0.05, 0.1) is 18.2 Å². The number of hydrogen-bond donors (Lipinski definition) is 2. The maximum atomic E-state index is 12.0. The smallest absolute Gasteiger partial charge is 0.237 e. The fraction of sp³-hybridized carbons (Fsp3) is 0.923. The maximum absolute atomic E-state index is 12.0. The van der Waals surface area contributed by atoms with Crippen LogP contribution in [0, 0.1) is 0 Å². The van der Waals surface area contributed by atoms with Crippen LogP contribution in [0.5, 0.6) is 0 Å². The molecule has 2 heterocycles. The zero-order valence-electron chi connectivity index (χ0n) is 11.2. The number of nitrogens with zero attached hydrogens (tertiary/aromatic N) is 1. The maximum Gasteiger partial charge on any atom is 0.237 e. The number of methoxy groups -OCH3 is 1. The highest BCUT2D eigenvalue weighted by Gasteiger charge is 2.36. The zero-order chi connectivity index (χ0) is 13.0. The molecule has 0 aromatic rings. The van der Waals surface area contributed by atoms with Crippen LogP contribution in [0.3, 0.4) is 0 Å². The van der Waals surface area contributed by atoms with Crippen LogP contribution in [0.15, 0.2) is 0 Å². The van der Waals surface area contributed by atoms with Gasteiger partial charge in [0.25, 0.3) is 0 Å². The van der Waals surface area contributed by atoms with Crippen molar-refractivity contribution in [1.82, 2.24) is 10.2 Å². The molecule has 5 heteroatoms. The van der Waals surface area contributed by atoms with Gasteiger partial charge in [0.2, 0.25) is 5.91 Å². The van der Waals surface area contributed by atoms with Crippen molar-refractivity contribution in [3.8, 4) is 0 Å². The van der Waals surface area contributed by atoms with E-state index in [-0.39, 0.29) is 11.9 Å². The third-order valence-electron chi connectivity index (χ3n) is 4.09. The van der Waals surface area contributed by atoms with Crippen molar-refractivity contribution in [3.05, 3.63) is 0 Å². The van der Waals surface area contributed by atoms with Crippen molar-refractivity contribution in [2.45, 2.75) is 43.7 Å². The van der Waals surface area contributed by atoms with E-state index >= 15 is 0 Å². The topological polar surface area (TPSA) is 61.8 Å². The number of carbonyl (C=O) groups excluding carboxylic acids is 1. The van der Waals surface area contributed by atoms with E-state index in [9.17, 15) is 9.90 Å². The van der Waals surface area contributed by atoms with E-state index in [0.717, 1.165) is 38.9 Å². The average molecular weight is 256 g/mol. The van der Waals surface area contributed by atoms with Gasteiger partial charge in [-0.15, -0.1) is 0 Å². The van der Waals surface area contributed by atoms with Gasteiger partial charge in [-0.2, -0.15) is 0 Å². The number of rotatable bonds is 3. The summed E-state index contributed by atoms with van der Waals surface area (Å²) in [4.78, 5) is 14.2. The Morgan fingerprint density at radius 2 is 2.17 bits per heavy atom. The number of piperidine rings is 1. The number of amides is 1. The van der Waals surface area contributed by atoms with Gasteiger partial charge in [0, 0.05) is 26.7 Å². The van der Waals surface area contributed by atoms with Crippen LogP contribution in [0.4, 0.5) is 0 Å². The SMILES string of the molecule is COCC1(O)CCN(C2CCCCNC2=O)CC1. The third kappa shape index (κ3) is 3.22. The molecule has 2 fully saturated rings. The van der Waals surface area contributed by atoms with Crippen LogP contribution in [0.1, 0.15) is 32.1 Å².